The van der Waals surface area contributed by atoms with E-state index in [-0.39, 0.29) is 5.41 Å². The van der Waals surface area contributed by atoms with E-state index in [0.717, 1.165) is 18.4 Å². The Morgan fingerprint density at radius 2 is 1.71 bits per heavy atom. The number of ketones is 1. The molecule has 2 aromatic rings. The number of rotatable bonds is 1. The van der Waals surface area contributed by atoms with Crippen molar-refractivity contribution in [2.24, 2.45) is 5.41 Å². The molecule has 0 amide bonds. The Bertz CT molecular complexity index is 748. The van der Waals surface area contributed by atoms with Gasteiger partial charge in [0.1, 0.15) is 0 Å². The molecule has 0 heterocycles. The maximum absolute atomic E-state index is 12.9. The van der Waals surface area contributed by atoms with Gasteiger partial charge < -0.3 is 0 Å². The maximum Gasteiger partial charge on any atom is 0.170 e. The van der Waals surface area contributed by atoms with Gasteiger partial charge in [0.05, 0.1) is 0 Å². The summed E-state index contributed by atoms with van der Waals surface area (Å²) in [7, 11) is 0. The molecule has 0 N–H and O–H groups in total. The summed E-state index contributed by atoms with van der Waals surface area (Å²) in [6.45, 7) is 6.52. The van der Waals surface area contributed by atoms with Crippen LogP contribution in [0.3, 0.4) is 0 Å². The van der Waals surface area contributed by atoms with Crippen LogP contribution in [0.2, 0.25) is 0 Å². The molecule has 1 nitrogen and oxygen atoms in total. The fourth-order valence-electron chi connectivity index (χ4n) is 4.46. The van der Waals surface area contributed by atoms with Crippen LogP contribution in [0.4, 0.5) is 0 Å². The van der Waals surface area contributed by atoms with Crippen molar-refractivity contribution in [1.82, 2.24) is 0 Å². The second-order valence-electron chi connectivity index (χ2n) is 6.89. The van der Waals surface area contributed by atoms with E-state index in [0.29, 0.717) is 11.7 Å². The standard InChI is InChI=1S/C20H20O/c1-12-8-13(2)18(14(3)9-12)17-11-20(17)10-15-6-4-5-7-16(15)19(20)21/h4-9,17H,10-11H2,1-3H3/t17-,20+/m0/s1. The van der Waals surface area contributed by atoms with E-state index < -0.39 is 0 Å². The Kier molecular flexibility index (Phi) is 2.48. The van der Waals surface area contributed by atoms with Crippen molar-refractivity contribution >= 4 is 5.78 Å². The van der Waals surface area contributed by atoms with Crippen LogP contribution in [0, 0.1) is 26.2 Å². The minimum atomic E-state index is -0.130. The van der Waals surface area contributed by atoms with Gasteiger partial charge >= 0.3 is 0 Å². The number of hydrogen-bond acceptors (Lipinski definition) is 1. The number of carbonyl (C=O) groups is 1. The summed E-state index contributed by atoms with van der Waals surface area (Å²) in [6.07, 6.45) is 1.95. The van der Waals surface area contributed by atoms with Gasteiger partial charge in [-0.3, -0.25) is 4.79 Å². The average molecular weight is 276 g/mol. The van der Waals surface area contributed by atoms with Crippen LogP contribution in [0.1, 0.15) is 50.5 Å². The first-order valence-electron chi connectivity index (χ1n) is 7.73. The quantitative estimate of drug-likeness (QED) is 0.748. The normalized spacial score (nSPS) is 26.2. The maximum atomic E-state index is 12.9. The molecule has 1 heteroatoms. The largest absolute Gasteiger partial charge is 0.294 e. The highest BCUT2D eigenvalue weighted by molar-refractivity contribution is 6.07. The van der Waals surface area contributed by atoms with Crippen LogP contribution >= 0.6 is 0 Å². The van der Waals surface area contributed by atoms with Gasteiger partial charge in [0, 0.05) is 11.0 Å². The van der Waals surface area contributed by atoms with Crippen molar-refractivity contribution in [3.8, 4) is 0 Å². The molecule has 0 saturated heterocycles. The molecule has 0 aromatic heterocycles. The molecule has 21 heavy (non-hydrogen) atoms. The topological polar surface area (TPSA) is 17.1 Å². The molecule has 1 fully saturated rings. The fourth-order valence-corrected chi connectivity index (χ4v) is 4.46. The third kappa shape index (κ3) is 1.67. The fraction of sp³-hybridized carbons (Fsp3) is 0.350. The highest BCUT2D eigenvalue weighted by Crippen LogP contribution is 2.66. The van der Waals surface area contributed by atoms with Gasteiger partial charge in [0.25, 0.3) is 0 Å². The molecule has 4 rings (SSSR count). The van der Waals surface area contributed by atoms with E-state index in [1.54, 1.807) is 0 Å². The molecule has 0 bridgehead atoms. The molecule has 0 aliphatic heterocycles. The van der Waals surface area contributed by atoms with Crippen LogP contribution in [-0.4, -0.2) is 5.78 Å². The lowest BCUT2D eigenvalue weighted by Crippen LogP contribution is -2.13. The van der Waals surface area contributed by atoms with Gasteiger partial charge in [-0.15, -0.1) is 0 Å². The second kappa shape index (κ2) is 4.07. The Labute approximate surface area is 126 Å². The molecule has 2 atom stereocenters. The van der Waals surface area contributed by atoms with Crippen LogP contribution in [0.15, 0.2) is 36.4 Å². The molecule has 2 aliphatic carbocycles. The Balaban J connectivity index is 1.76. The molecule has 106 valence electrons. The number of carbonyl (C=O) groups excluding carboxylic acids is 1. The second-order valence-corrected chi connectivity index (χ2v) is 6.89. The Morgan fingerprint density at radius 1 is 1.05 bits per heavy atom. The van der Waals surface area contributed by atoms with Gasteiger partial charge in [-0.1, -0.05) is 42.0 Å². The van der Waals surface area contributed by atoms with Crippen LogP contribution < -0.4 is 0 Å². The zero-order valence-corrected chi connectivity index (χ0v) is 12.9. The summed E-state index contributed by atoms with van der Waals surface area (Å²) in [5.74, 6) is 0.792. The minimum absolute atomic E-state index is 0.130. The van der Waals surface area contributed by atoms with Gasteiger partial charge in [-0.05, 0) is 61.8 Å². The lowest BCUT2D eigenvalue weighted by molar-refractivity contribution is 0.0914. The zero-order valence-electron chi connectivity index (χ0n) is 12.9. The summed E-state index contributed by atoms with van der Waals surface area (Å²) in [6, 6.07) is 12.6. The SMILES string of the molecule is Cc1cc(C)c([C@@H]2C[C@]23Cc2ccccc2C3=O)c(C)c1. The third-order valence-corrected chi connectivity index (χ3v) is 5.38. The Morgan fingerprint density at radius 3 is 2.38 bits per heavy atom. The van der Waals surface area contributed by atoms with Crippen molar-refractivity contribution in [2.75, 3.05) is 0 Å². The van der Waals surface area contributed by atoms with Crippen molar-refractivity contribution in [1.29, 1.82) is 0 Å². The first-order valence-corrected chi connectivity index (χ1v) is 7.73. The number of benzene rings is 2. The smallest absolute Gasteiger partial charge is 0.170 e. The van der Waals surface area contributed by atoms with Crippen molar-refractivity contribution in [3.05, 3.63) is 69.8 Å². The molecule has 2 aromatic carbocycles. The van der Waals surface area contributed by atoms with Crippen LogP contribution in [-0.2, 0) is 6.42 Å². The first-order chi connectivity index (χ1) is 10.0. The van der Waals surface area contributed by atoms with Gasteiger partial charge in [0.15, 0.2) is 5.78 Å². The zero-order chi connectivity index (χ0) is 14.8. The molecule has 0 unspecified atom stereocenters. The summed E-state index contributed by atoms with van der Waals surface area (Å²) in [5.41, 5.74) is 7.49. The number of hydrogen-bond donors (Lipinski definition) is 0. The summed E-state index contributed by atoms with van der Waals surface area (Å²) >= 11 is 0. The lowest BCUT2D eigenvalue weighted by Gasteiger charge is -2.14. The predicted octanol–water partition coefficient (Wildman–Crippen LogP) is 4.52. The lowest BCUT2D eigenvalue weighted by atomic mass is 9.89. The molecule has 1 spiro atoms. The van der Waals surface area contributed by atoms with E-state index in [1.807, 2.05) is 18.2 Å². The number of fused-ring (bicyclic) bond motifs is 1. The van der Waals surface area contributed by atoms with Gasteiger partial charge in [0.2, 0.25) is 0 Å². The third-order valence-electron chi connectivity index (χ3n) is 5.38. The number of Topliss-reactive ketones (excluding diaryl/α,β-unsaturated/α-hetero) is 1. The van der Waals surface area contributed by atoms with Gasteiger partial charge in [-0.25, -0.2) is 0 Å². The molecule has 0 radical (unpaired) electrons. The van der Waals surface area contributed by atoms with E-state index >= 15 is 0 Å². The van der Waals surface area contributed by atoms with Crippen molar-refractivity contribution in [3.63, 3.8) is 0 Å². The first kappa shape index (κ1) is 12.8. The van der Waals surface area contributed by atoms with E-state index in [1.165, 1.54) is 27.8 Å². The van der Waals surface area contributed by atoms with Gasteiger partial charge in [-0.2, -0.15) is 0 Å². The molecular formula is C20H20O. The van der Waals surface area contributed by atoms with Crippen molar-refractivity contribution in [2.45, 2.75) is 39.5 Å². The van der Waals surface area contributed by atoms with Crippen LogP contribution in [0.5, 0.6) is 0 Å². The van der Waals surface area contributed by atoms with E-state index in [2.05, 4.69) is 39.0 Å². The van der Waals surface area contributed by atoms with E-state index in [9.17, 15) is 4.79 Å². The average Bonchev–Trinajstić information content (AvgIpc) is 3.04. The summed E-state index contributed by atoms with van der Waals surface area (Å²) in [4.78, 5) is 12.9. The monoisotopic (exact) mass is 276 g/mol. The van der Waals surface area contributed by atoms with Crippen molar-refractivity contribution < 1.29 is 4.79 Å². The highest BCUT2D eigenvalue weighted by Gasteiger charge is 2.63. The summed E-state index contributed by atoms with van der Waals surface area (Å²) in [5, 5.41) is 0. The number of aryl methyl sites for hydroxylation is 3. The van der Waals surface area contributed by atoms with Crippen LogP contribution in [0.25, 0.3) is 0 Å². The predicted molar refractivity (Wildman–Crippen MR) is 84.9 cm³/mol. The minimum Gasteiger partial charge on any atom is -0.294 e. The highest BCUT2D eigenvalue weighted by atomic mass is 16.1. The Hall–Kier alpha value is -1.89. The molecule has 1 saturated carbocycles. The molecule has 2 aliphatic rings. The summed E-state index contributed by atoms with van der Waals surface area (Å²) < 4.78 is 0. The van der Waals surface area contributed by atoms with E-state index in [4.69, 9.17) is 0 Å². The molecular weight excluding hydrogens is 256 g/mol.